The van der Waals surface area contributed by atoms with E-state index < -0.39 is 0 Å². The fourth-order valence-corrected chi connectivity index (χ4v) is 3.28. The highest BCUT2D eigenvalue weighted by Crippen LogP contribution is 2.60. The predicted molar refractivity (Wildman–Crippen MR) is 73.9 cm³/mol. The molecule has 0 heterocycles. The van der Waals surface area contributed by atoms with Crippen LogP contribution in [0.25, 0.3) is 0 Å². The molecule has 3 nitrogen and oxygen atoms in total. The Morgan fingerprint density at radius 2 is 2.11 bits per heavy atom. The van der Waals surface area contributed by atoms with Crippen molar-refractivity contribution in [3.63, 3.8) is 0 Å². The van der Waals surface area contributed by atoms with E-state index in [4.69, 9.17) is 5.73 Å². The summed E-state index contributed by atoms with van der Waals surface area (Å²) in [6, 6.07) is 0. The Morgan fingerprint density at radius 3 is 2.56 bits per heavy atom. The molecule has 0 spiro atoms. The van der Waals surface area contributed by atoms with Crippen LogP contribution in [0.2, 0.25) is 0 Å². The first-order valence-electron chi connectivity index (χ1n) is 7.03. The van der Waals surface area contributed by atoms with E-state index in [2.05, 4.69) is 24.3 Å². The van der Waals surface area contributed by atoms with E-state index in [1.807, 2.05) is 18.7 Å². The highest BCUT2D eigenvalue weighted by atomic mass is 16.2. The van der Waals surface area contributed by atoms with Crippen molar-refractivity contribution in [2.45, 2.75) is 26.7 Å². The van der Waals surface area contributed by atoms with Gasteiger partial charge in [-0.2, -0.15) is 0 Å². The number of amides is 1. The van der Waals surface area contributed by atoms with Crippen LogP contribution in [0.5, 0.6) is 0 Å². The summed E-state index contributed by atoms with van der Waals surface area (Å²) in [5.41, 5.74) is 5.62. The fourth-order valence-electron chi connectivity index (χ4n) is 3.28. The molecule has 2 aliphatic rings. The molecular formula is C15H24N2O. The maximum atomic E-state index is 12.8. The molecular weight excluding hydrogens is 224 g/mol. The van der Waals surface area contributed by atoms with Gasteiger partial charge in [-0.1, -0.05) is 24.3 Å². The molecule has 0 aromatic heterocycles. The highest BCUT2D eigenvalue weighted by Gasteiger charge is 2.63. The minimum Gasteiger partial charge on any atom is -0.343 e. The van der Waals surface area contributed by atoms with Gasteiger partial charge in [0.15, 0.2) is 0 Å². The maximum Gasteiger partial charge on any atom is 0.229 e. The van der Waals surface area contributed by atoms with Gasteiger partial charge in [0, 0.05) is 13.1 Å². The summed E-state index contributed by atoms with van der Waals surface area (Å²) in [6.45, 7) is 6.31. The molecule has 1 saturated carbocycles. The Kier molecular flexibility index (Phi) is 3.91. The van der Waals surface area contributed by atoms with E-state index in [9.17, 15) is 4.79 Å². The van der Waals surface area contributed by atoms with Crippen molar-refractivity contribution < 1.29 is 4.79 Å². The molecule has 0 aromatic carbocycles. The van der Waals surface area contributed by atoms with Gasteiger partial charge in [0.2, 0.25) is 5.91 Å². The molecule has 1 amide bonds. The number of allylic oxidation sites excluding steroid dienone is 4. The van der Waals surface area contributed by atoms with Gasteiger partial charge in [0.1, 0.15) is 0 Å². The summed E-state index contributed by atoms with van der Waals surface area (Å²) >= 11 is 0. The summed E-state index contributed by atoms with van der Waals surface area (Å²) in [7, 11) is 0. The molecule has 2 aliphatic carbocycles. The average Bonchev–Trinajstić information content (AvgIpc) is 3.17. The van der Waals surface area contributed by atoms with E-state index in [0.29, 0.717) is 24.3 Å². The zero-order valence-electron chi connectivity index (χ0n) is 11.4. The smallest absolute Gasteiger partial charge is 0.229 e. The summed E-state index contributed by atoms with van der Waals surface area (Å²) in [6.07, 6.45) is 10.4. The van der Waals surface area contributed by atoms with E-state index >= 15 is 0 Å². The van der Waals surface area contributed by atoms with Crippen molar-refractivity contribution in [2.75, 3.05) is 19.6 Å². The molecule has 2 rings (SSSR count). The van der Waals surface area contributed by atoms with Crippen molar-refractivity contribution in [1.29, 1.82) is 0 Å². The Balaban J connectivity index is 2.20. The summed E-state index contributed by atoms with van der Waals surface area (Å²) in [5.74, 6) is 1.02. The number of carbonyl (C=O) groups is 1. The molecule has 1 fully saturated rings. The van der Waals surface area contributed by atoms with E-state index in [0.717, 1.165) is 25.9 Å². The first-order valence-corrected chi connectivity index (χ1v) is 7.03. The SMILES string of the molecule is CCN(CC)C(=O)[C@@]1([C@@H]2C=CC=CC2)C[C@H]1CN. The number of nitrogens with zero attached hydrogens (tertiary/aromatic N) is 1. The van der Waals surface area contributed by atoms with Crippen LogP contribution >= 0.6 is 0 Å². The third-order valence-electron chi connectivity index (χ3n) is 4.53. The number of carbonyl (C=O) groups excluding carboxylic acids is 1. The van der Waals surface area contributed by atoms with Crippen molar-refractivity contribution in [3.05, 3.63) is 24.3 Å². The standard InChI is InChI=1S/C15H24N2O/c1-3-17(4-2)14(18)15(10-13(15)11-16)12-8-6-5-7-9-12/h5-8,12-13H,3-4,9-11,16H2,1-2H3/t12-,13+,15-/m1/s1. The van der Waals surface area contributed by atoms with E-state index in [1.165, 1.54) is 0 Å². The highest BCUT2D eigenvalue weighted by molar-refractivity contribution is 5.87. The van der Waals surface area contributed by atoms with Crippen LogP contribution < -0.4 is 5.73 Å². The lowest BCUT2D eigenvalue weighted by atomic mass is 9.81. The lowest BCUT2D eigenvalue weighted by Gasteiger charge is -2.31. The Bertz CT molecular complexity index is 371. The van der Waals surface area contributed by atoms with Gasteiger partial charge in [-0.3, -0.25) is 4.79 Å². The zero-order chi connectivity index (χ0) is 13.2. The molecule has 0 unspecified atom stereocenters. The molecule has 18 heavy (non-hydrogen) atoms. The quantitative estimate of drug-likeness (QED) is 0.808. The summed E-state index contributed by atoms with van der Waals surface area (Å²) in [4.78, 5) is 14.7. The van der Waals surface area contributed by atoms with Crippen molar-refractivity contribution in [2.24, 2.45) is 23.0 Å². The number of nitrogens with two attached hydrogens (primary N) is 1. The van der Waals surface area contributed by atoms with Crippen LogP contribution in [0.4, 0.5) is 0 Å². The van der Waals surface area contributed by atoms with Crippen LogP contribution in [0.3, 0.4) is 0 Å². The number of hydrogen-bond acceptors (Lipinski definition) is 2. The second kappa shape index (κ2) is 5.27. The van der Waals surface area contributed by atoms with Gasteiger partial charge in [0.25, 0.3) is 0 Å². The van der Waals surface area contributed by atoms with Crippen LogP contribution in [0.15, 0.2) is 24.3 Å². The van der Waals surface area contributed by atoms with Crippen molar-refractivity contribution in [1.82, 2.24) is 4.90 Å². The van der Waals surface area contributed by atoms with Gasteiger partial charge in [-0.25, -0.2) is 0 Å². The second-order valence-electron chi connectivity index (χ2n) is 5.31. The van der Waals surface area contributed by atoms with Gasteiger partial charge in [-0.05, 0) is 45.1 Å². The maximum absolute atomic E-state index is 12.8. The Hall–Kier alpha value is -1.09. The van der Waals surface area contributed by atoms with Gasteiger partial charge >= 0.3 is 0 Å². The summed E-state index contributed by atoms with van der Waals surface area (Å²) < 4.78 is 0. The fraction of sp³-hybridized carbons (Fsp3) is 0.667. The monoisotopic (exact) mass is 248 g/mol. The van der Waals surface area contributed by atoms with Crippen molar-refractivity contribution in [3.8, 4) is 0 Å². The molecule has 3 atom stereocenters. The molecule has 0 radical (unpaired) electrons. The topological polar surface area (TPSA) is 46.3 Å². The van der Waals surface area contributed by atoms with Crippen LogP contribution in [0, 0.1) is 17.3 Å². The third kappa shape index (κ3) is 2.01. The molecule has 0 aromatic rings. The first-order chi connectivity index (χ1) is 8.70. The van der Waals surface area contributed by atoms with E-state index in [1.54, 1.807) is 0 Å². The number of hydrogen-bond donors (Lipinski definition) is 1. The Morgan fingerprint density at radius 1 is 1.39 bits per heavy atom. The number of rotatable bonds is 5. The molecule has 2 N–H and O–H groups in total. The molecule has 0 aliphatic heterocycles. The van der Waals surface area contributed by atoms with E-state index in [-0.39, 0.29) is 5.41 Å². The second-order valence-corrected chi connectivity index (χ2v) is 5.31. The normalized spacial score (nSPS) is 33.5. The van der Waals surface area contributed by atoms with Crippen LogP contribution in [0.1, 0.15) is 26.7 Å². The lowest BCUT2D eigenvalue weighted by Crippen LogP contribution is -2.42. The minimum atomic E-state index is -0.206. The van der Waals surface area contributed by atoms with Crippen molar-refractivity contribution >= 4 is 5.91 Å². The zero-order valence-corrected chi connectivity index (χ0v) is 11.4. The summed E-state index contributed by atoms with van der Waals surface area (Å²) in [5, 5.41) is 0. The molecule has 100 valence electrons. The van der Waals surface area contributed by atoms with Gasteiger partial charge in [-0.15, -0.1) is 0 Å². The van der Waals surface area contributed by atoms with Gasteiger partial charge in [0.05, 0.1) is 5.41 Å². The predicted octanol–water partition coefficient (Wildman–Crippen LogP) is 1.95. The third-order valence-corrected chi connectivity index (χ3v) is 4.53. The Labute approximate surface area is 110 Å². The largest absolute Gasteiger partial charge is 0.343 e. The van der Waals surface area contributed by atoms with Crippen LogP contribution in [-0.4, -0.2) is 30.4 Å². The molecule has 0 bridgehead atoms. The lowest BCUT2D eigenvalue weighted by molar-refractivity contribution is -0.138. The molecule has 3 heteroatoms. The average molecular weight is 248 g/mol. The first kappa shape index (κ1) is 13.3. The minimum absolute atomic E-state index is 0.206. The molecule has 0 saturated heterocycles. The van der Waals surface area contributed by atoms with Gasteiger partial charge < -0.3 is 10.6 Å². The van der Waals surface area contributed by atoms with Crippen LogP contribution in [-0.2, 0) is 4.79 Å².